The molecule has 2 aliphatic rings. The number of carbonyl (C=O) groups excluding carboxylic acids is 1. The topological polar surface area (TPSA) is 91.4 Å². The average molecular weight is 219 g/mol. The summed E-state index contributed by atoms with van der Waals surface area (Å²) in [6.07, 6.45) is 4.94. The molecule has 1 amide bonds. The van der Waals surface area contributed by atoms with Gasteiger partial charge >= 0.3 is 5.97 Å². The predicted molar refractivity (Wildman–Crippen MR) is 57.9 cm³/mol. The summed E-state index contributed by atoms with van der Waals surface area (Å²) in [5, 5.41) is 8.51. The number of hydrogen-bond donors (Lipinski definition) is 1. The van der Waals surface area contributed by atoms with E-state index < -0.39 is 11.9 Å². The van der Waals surface area contributed by atoms with Crippen LogP contribution in [0.15, 0.2) is 27.1 Å². The van der Waals surface area contributed by atoms with E-state index in [4.69, 9.17) is 5.11 Å². The molecule has 6 heteroatoms. The van der Waals surface area contributed by atoms with Gasteiger partial charge in [0.2, 0.25) is 0 Å². The molecule has 2 aliphatic heterocycles. The minimum atomic E-state index is -0.940. The van der Waals surface area contributed by atoms with Crippen molar-refractivity contribution in [2.24, 2.45) is 20.9 Å². The number of carbonyl (C=O) groups is 2. The van der Waals surface area contributed by atoms with Crippen LogP contribution in [0.2, 0.25) is 0 Å². The quantitative estimate of drug-likeness (QED) is 0.746. The first-order valence-electron chi connectivity index (χ1n) is 4.79. The molecule has 1 N–H and O–H groups in total. The zero-order valence-electron chi connectivity index (χ0n) is 8.33. The molecule has 0 saturated carbocycles. The Morgan fingerprint density at radius 1 is 1.44 bits per heavy atom. The van der Waals surface area contributed by atoms with Gasteiger partial charge in [0, 0.05) is 12.6 Å². The maximum Gasteiger partial charge on any atom is 0.303 e. The van der Waals surface area contributed by atoms with Crippen molar-refractivity contribution in [1.82, 2.24) is 0 Å². The van der Waals surface area contributed by atoms with Crippen molar-refractivity contribution >= 4 is 29.8 Å². The van der Waals surface area contributed by atoms with E-state index in [0.717, 1.165) is 0 Å². The van der Waals surface area contributed by atoms with Gasteiger partial charge in [0.1, 0.15) is 17.6 Å². The number of nitrogens with zero attached hydrogens (tertiary/aromatic N) is 3. The SMILES string of the molecule is O=C(O)CCC1=NC(=O)C2C=CC=NC2=N1. The second-order valence-corrected chi connectivity index (χ2v) is 3.37. The first-order valence-corrected chi connectivity index (χ1v) is 4.79. The lowest BCUT2D eigenvalue weighted by atomic mass is 10.0. The number of fused-ring (bicyclic) bond motifs is 1. The van der Waals surface area contributed by atoms with Gasteiger partial charge in [0.15, 0.2) is 0 Å². The van der Waals surface area contributed by atoms with Crippen molar-refractivity contribution in [3.8, 4) is 0 Å². The fourth-order valence-corrected chi connectivity index (χ4v) is 1.42. The molecule has 1 atom stereocenters. The van der Waals surface area contributed by atoms with Gasteiger partial charge in [0.05, 0.1) is 6.42 Å². The summed E-state index contributed by atoms with van der Waals surface area (Å²) in [6.45, 7) is 0. The summed E-state index contributed by atoms with van der Waals surface area (Å²) < 4.78 is 0. The summed E-state index contributed by atoms with van der Waals surface area (Å²) in [4.78, 5) is 33.7. The number of rotatable bonds is 3. The van der Waals surface area contributed by atoms with Gasteiger partial charge in [0.25, 0.3) is 5.91 Å². The summed E-state index contributed by atoms with van der Waals surface area (Å²) in [5.74, 6) is -1.14. The average Bonchev–Trinajstić information content (AvgIpc) is 2.26. The van der Waals surface area contributed by atoms with Crippen LogP contribution in [0.3, 0.4) is 0 Å². The van der Waals surface area contributed by atoms with Crippen LogP contribution < -0.4 is 0 Å². The lowest BCUT2D eigenvalue weighted by molar-refractivity contribution is -0.136. The van der Waals surface area contributed by atoms with Crippen LogP contribution in [0.25, 0.3) is 0 Å². The van der Waals surface area contributed by atoms with E-state index in [1.807, 2.05) is 0 Å². The number of aliphatic carboxylic acids is 1. The van der Waals surface area contributed by atoms with Crippen LogP contribution in [0, 0.1) is 5.92 Å². The van der Waals surface area contributed by atoms with Gasteiger partial charge < -0.3 is 5.11 Å². The first kappa shape index (κ1) is 10.4. The van der Waals surface area contributed by atoms with Gasteiger partial charge in [-0.25, -0.2) is 9.98 Å². The van der Waals surface area contributed by atoms with E-state index in [1.54, 1.807) is 18.4 Å². The zero-order valence-corrected chi connectivity index (χ0v) is 8.33. The third-order valence-corrected chi connectivity index (χ3v) is 2.19. The fraction of sp³-hybridized carbons (Fsp3) is 0.300. The molecular weight excluding hydrogens is 210 g/mol. The molecule has 6 nitrogen and oxygen atoms in total. The number of carboxylic acid groups (broad SMARTS) is 1. The van der Waals surface area contributed by atoms with Crippen molar-refractivity contribution in [2.45, 2.75) is 12.8 Å². The fourth-order valence-electron chi connectivity index (χ4n) is 1.42. The Morgan fingerprint density at radius 2 is 2.25 bits per heavy atom. The molecule has 2 rings (SSSR count). The van der Waals surface area contributed by atoms with E-state index in [2.05, 4.69) is 15.0 Å². The van der Waals surface area contributed by atoms with E-state index in [1.165, 1.54) is 0 Å². The standard InChI is InChI=1S/C10H9N3O3/c14-8(15)4-3-7-12-9-6(10(16)13-7)2-1-5-11-9/h1-2,5-6H,3-4H2,(H,14,15). The molecule has 0 fully saturated rings. The molecule has 0 aromatic carbocycles. The molecule has 0 spiro atoms. The van der Waals surface area contributed by atoms with Crippen LogP contribution >= 0.6 is 0 Å². The molecule has 2 heterocycles. The second-order valence-electron chi connectivity index (χ2n) is 3.37. The Bertz CT molecular complexity index is 460. The molecule has 0 aromatic rings. The molecule has 0 bridgehead atoms. The van der Waals surface area contributed by atoms with Gasteiger partial charge in [-0.05, 0) is 6.08 Å². The summed E-state index contributed by atoms with van der Waals surface area (Å²) in [6, 6.07) is 0. The lowest BCUT2D eigenvalue weighted by Crippen LogP contribution is -2.27. The second kappa shape index (κ2) is 4.18. The highest BCUT2D eigenvalue weighted by Crippen LogP contribution is 2.16. The third kappa shape index (κ3) is 2.10. The number of allylic oxidation sites excluding steroid dienone is 1. The molecule has 0 aliphatic carbocycles. The Kier molecular flexibility index (Phi) is 2.72. The molecule has 1 unspecified atom stereocenters. The number of amides is 1. The number of carboxylic acids is 1. The monoisotopic (exact) mass is 219 g/mol. The largest absolute Gasteiger partial charge is 0.481 e. The molecule has 0 radical (unpaired) electrons. The third-order valence-electron chi connectivity index (χ3n) is 2.19. The number of hydrogen-bond acceptors (Lipinski definition) is 4. The Hall–Kier alpha value is -2.11. The van der Waals surface area contributed by atoms with Crippen LogP contribution in [0.5, 0.6) is 0 Å². The maximum absolute atomic E-state index is 11.5. The summed E-state index contributed by atoms with van der Waals surface area (Å²) in [7, 11) is 0. The Balaban J connectivity index is 2.15. The van der Waals surface area contributed by atoms with Gasteiger partial charge in [-0.1, -0.05) is 6.08 Å². The lowest BCUT2D eigenvalue weighted by Gasteiger charge is -2.16. The van der Waals surface area contributed by atoms with E-state index >= 15 is 0 Å². The Morgan fingerprint density at radius 3 is 3.00 bits per heavy atom. The number of amidine groups is 2. The number of dihydropyridines is 1. The van der Waals surface area contributed by atoms with Crippen molar-refractivity contribution in [2.75, 3.05) is 0 Å². The van der Waals surface area contributed by atoms with Crippen molar-refractivity contribution in [3.05, 3.63) is 12.2 Å². The first-order chi connectivity index (χ1) is 7.66. The number of aliphatic imine (C=N–C) groups is 3. The molecular formula is C10H9N3O3. The highest BCUT2D eigenvalue weighted by molar-refractivity contribution is 6.19. The minimum absolute atomic E-state index is 0.0902. The van der Waals surface area contributed by atoms with Crippen molar-refractivity contribution in [3.63, 3.8) is 0 Å². The zero-order chi connectivity index (χ0) is 11.5. The van der Waals surface area contributed by atoms with Gasteiger partial charge in [-0.15, -0.1) is 0 Å². The van der Waals surface area contributed by atoms with E-state index in [9.17, 15) is 9.59 Å². The summed E-state index contributed by atoms with van der Waals surface area (Å²) in [5.41, 5.74) is 0. The normalized spacial score (nSPS) is 22.5. The van der Waals surface area contributed by atoms with Crippen LogP contribution in [-0.4, -0.2) is 34.9 Å². The van der Waals surface area contributed by atoms with Crippen LogP contribution in [0.4, 0.5) is 0 Å². The van der Waals surface area contributed by atoms with Gasteiger partial charge in [-0.2, -0.15) is 4.99 Å². The molecule has 0 saturated heterocycles. The maximum atomic E-state index is 11.5. The summed E-state index contributed by atoms with van der Waals surface area (Å²) >= 11 is 0. The highest BCUT2D eigenvalue weighted by atomic mass is 16.4. The van der Waals surface area contributed by atoms with Crippen molar-refractivity contribution in [1.29, 1.82) is 0 Å². The molecule has 16 heavy (non-hydrogen) atoms. The van der Waals surface area contributed by atoms with Crippen LogP contribution in [0.1, 0.15) is 12.8 Å². The van der Waals surface area contributed by atoms with Gasteiger partial charge in [-0.3, -0.25) is 9.59 Å². The Labute approximate surface area is 91.1 Å². The smallest absolute Gasteiger partial charge is 0.303 e. The van der Waals surface area contributed by atoms with Crippen LogP contribution in [-0.2, 0) is 9.59 Å². The highest BCUT2D eigenvalue weighted by Gasteiger charge is 2.27. The van der Waals surface area contributed by atoms with E-state index in [0.29, 0.717) is 5.84 Å². The minimum Gasteiger partial charge on any atom is -0.481 e. The van der Waals surface area contributed by atoms with Crippen molar-refractivity contribution < 1.29 is 14.7 Å². The predicted octanol–water partition coefficient (Wildman–Crippen LogP) is 0.445. The molecule has 0 aromatic heterocycles. The van der Waals surface area contributed by atoms with E-state index in [-0.39, 0.29) is 24.6 Å². The molecule has 82 valence electrons.